The highest BCUT2D eigenvalue weighted by Gasteiger charge is 2.32. The summed E-state index contributed by atoms with van der Waals surface area (Å²) >= 11 is 0. The van der Waals surface area contributed by atoms with Gasteiger partial charge in [0.2, 0.25) is 5.75 Å². The van der Waals surface area contributed by atoms with Crippen LogP contribution in [-0.2, 0) is 11.2 Å². The van der Waals surface area contributed by atoms with Crippen LogP contribution in [0.2, 0.25) is 0 Å². The molecule has 0 bridgehead atoms. The van der Waals surface area contributed by atoms with Gasteiger partial charge in [-0.2, -0.15) is 0 Å². The second kappa shape index (κ2) is 4.73. The summed E-state index contributed by atoms with van der Waals surface area (Å²) in [4.78, 5) is 11.2. The molecular formula is C12H15NO5. The number of carboxylic acids is 1. The zero-order valence-corrected chi connectivity index (χ0v) is 10.2. The molecular weight excluding hydrogens is 238 g/mol. The van der Waals surface area contributed by atoms with Crippen LogP contribution in [-0.4, -0.2) is 36.9 Å². The van der Waals surface area contributed by atoms with Crippen LogP contribution in [0.3, 0.4) is 0 Å². The number of aromatic hydroxyl groups is 1. The first-order chi connectivity index (χ1) is 8.60. The van der Waals surface area contributed by atoms with Gasteiger partial charge in [-0.15, -0.1) is 0 Å². The molecule has 6 nitrogen and oxygen atoms in total. The number of rotatable bonds is 3. The van der Waals surface area contributed by atoms with Gasteiger partial charge in [0.05, 0.1) is 14.2 Å². The van der Waals surface area contributed by atoms with E-state index in [1.165, 1.54) is 14.2 Å². The van der Waals surface area contributed by atoms with Crippen molar-refractivity contribution >= 4 is 5.97 Å². The van der Waals surface area contributed by atoms with Gasteiger partial charge in [-0.3, -0.25) is 4.79 Å². The van der Waals surface area contributed by atoms with Gasteiger partial charge in [0.1, 0.15) is 6.04 Å². The van der Waals surface area contributed by atoms with Crippen LogP contribution in [0, 0.1) is 0 Å². The molecule has 18 heavy (non-hydrogen) atoms. The van der Waals surface area contributed by atoms with E-state index in [0.29, 0.717) is 24.3 Å². The molecule has 1 aromatic rings. The third-order valence-electron chi connectivity index (χ3n) is 3.05. The van der Waals surface area contributed by atoms with E-state index in [-0.39, 0.29) is 11.5 Å². The lowest BCUT2D eigenvalue weighted by atomic mass is 9.92. The quantitative estimate of drug-likeness (QED) is 0.734. The van der Waals surface area contributed by atoms with Crippen molar-refractivity contribution in [2.45, 2.75) is 12.5 Å². The maximum atomic E-state index is 11.2. The summed E-state index contributed by atoms with van der Waals surface area (Å²) in [5, 5.41) is 22.2. The SMILES string of the molecule is COc1cc2c(c(O)c1OC)[C@H](C(=O)O)NCC2. The number of benzene rings is 1. The Balaban J connectivity index is 2.63. The van der Waals surface area contributed by atoms with Crippen molar-refractivity contribution in [2.24, 2.45) is 0 Å². The van der Waals surface area contributed by atoms with Gasteiger partial charge in [-0.25, -0.2) is 0 Å². The zero-order valence-electron chi connectivity index (χ0n) is 10.2. The fourth-order valence-corrected chi connectivity index (χ4v) is 2.23. The lowest BCUT2D eigenvalue weighted by Gasteiger charge is -2.26. The van der Waals surface area contributed by atoms with Gasteiger partial charge in [0.25, 0.3) is 0 Å². The van der Waals surface area contributed by atoms with Gasteiger partial charge < -0.3 is 25.0 Å². The maximum absolute atomic E-state index is 11.2. The minimum absolute atomic E-state index is 0.159. The van der Waals surface area contributed by atoms with E-state index in [9.17, 15) is 9.90 Å². The number of methoxy groups -OCH3 is 2. The van der Waals surface area contributed by atoms with Crippen molar-refractivity contribution in [3.63, 3.8) is 0 Å². The van der Waals surface area contributed by atoms with Crippen molar-refractivity contribution in [3.8, 4) is 17.2 Å². The Hall–Kier alpha value is -1.95. The van der Waals surface area contributed by atoms with Gasteiger partial charge in [0, 0.05) is 12.1 Å². The fraction of sp³-hybridized carbons (Fsp3) is 0.417. The number of hydrogen-bond acceptors (Lipinski definition) is 5. The van der Waals surface area contributed by atoms with Gasteiger partial charge in [-0.05, 0) is 18.1 Å². The Bertz CT molecular complexity index is 486. The van der Waals surface area contributed by atoms with Gasteiger partial charge >= 0.3 is 5.97 Å². The maximum Gasteiger partial charge on any atom is 0.325 e. The number of carbonyl (C=O) groups is 1. The summed E-state index contributed by atoms with van der Waals surface area (Å²) in [5.41, 5.74) is 1.11. The van der Waals surface area contributed by atoms with E-state index in [4.69, 9.17) is 14.6 Å². The standard InChI is InChI=1S/C12H15NO5/c1-17-7-5-6-3-4-13-9(12(15)16)8(6)10(14)11(7)18-2/h5,9,13-14H,3-4H2,1-2H3,(H,15,16)/t9-/m1/s1. The summed E-state index contributed by atoms with van der Waals surface area (Å²) in [6.45, 7) is 0.541. The molecule has 0 saturated heterocycles. The molecule has 1 atom stereocenters. The molecule has 0 saturated carbocycles. The number of phenols is 1. The van der Waals surface area contributed by atoms with Crippen LogP contribution in [0.15, 0.2) is 6.07 Å². The van der Waals surface area contributed by atoms with Gasteiger partial charge in [-0.1, -0.05) is 0 Å². The van der Waals surface area contributed by atoms with E-state index >= 15 is 0 Å². The molecule has 0 radical (unpaired) electrons. The highest BCUT2D eigenvalue weighted by atomic mass is 16.5. The number of hydrogen-bond donors (Lipinski definition) is 3. The monoisotopic (exact) mass is 253 g/mol. The molecule has 3 N–H and O–H groups in total. The Morgan fingerprint density at radius 2 is 2.17 bits per heavy atom. The molecule has 1 aliphatic rings. The minimum Gasteiger partial charge on any atom is -0.504 e. The Labute approximate surface area is 104 Å². The molecule has 0 unspecified atom stereocenters. The smallest absolute Gasteiger partial charge is 0.325 e. The number of aliphatic carboxylic acids is 1. The molecule has 0 fully saturated rings. The molecule has 0 aliphatic carbocycles. The predicted octanol–water partition coefficient (Wildman–Crippen LogP) is 0.681. The third kappa shape index (κ3) is 1.84. The van der Waals surface area contributed by atoms with Crippen LogP contribution < -0.4 is 14.8 Å². The van der Waals surface area contributed by atoms with E-state index in [0.717, 1.165) is 5.56 Å². The molecule has 6 heteroatoms. The van der Waals surface area contributed by atoms with Crippen LogP contribution in [0.5, 0.6) is 17.2 Å². The Morgan fingerprint density at radius 3 is 2.72 bits per heavy atom. The van der Waals surface area contributed by atoms with E-state index < -0.39 is 12.0 Å². The van der Waals surface area contributed by atoms with E-state index in [1.807, 2.05) is 0 Å². The summed E-state index contributed by atoms with van der Waals surface area (Å²) in [5.74, 6) is -0.643. The first-order valence-corrected chi connectivity index (χ1v) is 5.53. The number of ether oxygens (including phenoxy) is 2. The molecule has 1 aromatic carbocycles. The number of carboxylic acid groups (broad SMARTS) is 1. The molecule has 98 valence electrons. The number of fused-ring (bicyclic) bond motifs is 1. The van der Waals surface area contributed by atoms with E-state index in [1.54, 1.807) is 6.07 Å². The summed E-state index contributed by atoms with van der Waals surface area (Å²) in [6.07, 6.45) is 0.632. The molecule has 1 heterocycles. The van der Waals surface area contributed by atoms with Crippen molar-refractivity contribution in [3.05, 3.63) is 17.2 Å². The van der Waals surface area contributed by atoms with Crippen molar-refractivity contribution in [1.29, 1.82) is 0 Å². The average Bonchev–Trinajstić information content (AvgIpc) is 2.37. The number of phenolic OH excluding ortho intramolecular Hbond substituents is 1. The Morgan fingerprint density at radius 1 is 1.44 bits per heavy atom. The Kier molecular flexibility index (Phi) is 3.29. The molecule has 0 amide bonds. The van der Waals surface area contributed by atoms with Crippen LogP contribution in [0.1, 0.15) is 17.2 Å². The van der Waals surface area contributed by atoms with Crippen LogP contribution in [0.25, 0.3) is 0 Å². The van der Waals surface area contributed by atoms with Crippen molar-refractivity contribution in [1.82, 2.24) is 5.32 Å². The van der Waals surface area contributed by atoms with Crippen LogP contribution in [0.4, 0.5) is 0 Å². The fourth-order valence-electron chi connectivity index (χ4n) is 2.23. The van der Waals surface area contributed by atoms with Crippen molar-refractivity contribution < 1.29 is 24.5 Å². The highest BCUT2D eigenvalue weighted by Crippen LogP contribution is 2.44. The summed E-state index contributed by atoms with van der Waals surface area (Å²) in [6, 6.07) is 0.790. The van der Waals surface area contributed by atoms with Gasteiger partial charge in [0.15, 0.2) is 11.5 Å². The first kappa shape index (κ1) is 12.5. The first-order valence-electron chi connectivity index (χ1n) is 5.53. The summed E-state index contributed by atoms with van der Waals surface area (Å²) in [7, 11) is 2.87. The second-order valence-corrected chi connectivity index (χ2v) is 4.01. The normalized spacial score (nSPS) is 18.0. The lowest BCUT2D eigenvalue weighted by Crippen LogP contribution is -2.35. The summed E-state index contributed by atoms with van der Waals surface area (Å²) < 4.78 is 10.2. The number of nitrogens with one attached hydrogen (secondary N) is 1. The molecule has 0 spiro atoms. The van der Waals surface area contributed by atoms with E-state index in [2.05, 4.69) is 5.32 Å². The van der Waals surface area contributed by atoms with Crippen molar-refractivity contribution in [2.75, 3.05) is 20.8 Å². The highest BCUT2D eigenvalue weighted by molar-refractivity contribution is 5.79. The largest absolute Gasteiger partial charge is 0.504 e. The third-order valence-corrected chi connectivity index (χ3v) is 3.05. The lowest BCUT2D eigenvalue weighted by molar-refractivity contribution is -0.139. The van der Waals surface area contributed by atoms with Crippen LogP contribution >= 0.6 is 0 Å². The topological polar surface area (TPSA) is 88.0 Å². The average molecular weight is 253 g/mol. The predicted molar refractivity (Wildman–Crippen MR) is 63.3 cm³/mol. The molecule has 0 aromatic heterocycles. The second-order valence-electron chi connectivity index (χ2n) is 4.01. The molecule has 2 rings (SSSR count). The minimum atomic E-state index is -1.03. The molecule has 1 aliphatic heterocycles. The zero-order chi connectivity index (χ0) is 13.3.